The molecule has 1 fully saturated rings. The van der Waals surface area contributed by atoms with Crippen LogP contribution in [0.2, 0.25) is 0 Å². The maximum Gasteiger partial charge on any atom is 0.119 e. The molecule has 1 aromatic rings. The van der Waals surface area contributed by atoms with Gasteiger partial charge in [-0.15, -0.1) is 0 Å². The maximum absolute atomic E-state index is 5.32. The fourth-order valence-corrected chi connectivity index (χ4v) is 2.87. The van der Waals surface area contributed by atoms with E-state index in [0.29, 0.717) is 12.1 Å². The molecule has 1 aliphatic rings. The Morgan fingerprint density at radius 3 is 2.95 bits per heavy atom. The molecule has 0 radical (unpaired) electrons. The van der Waals surface area contributed by atoms with Crippen LogP contribution in [-0.4, -0.2) is 37.7 Å². The van der Waals surface area contributed by atoms with Crippen molar-refractivity contribution in [3.63, 3.8) is 0 Å². The molecule has 2 unspecified atom stereocenters. The Balaban J connectivity index is 2.03. The number of ether oxygens (including phenoxy) is 1. The van der Waals surface area contributed by atoms with E-state index in [4.69, 9.17) is 4.74 Å². The monoisotopic (exact) mass is 262 g/mol. The Morgan fingerprint density at radius 1 is 1.47 bits per heavy atom. The van der Waals surface area contributed by atoms with Gasteiger partial charge in [0, 0.05) is 18.6 Å². The van der Waals surface area contributed by atoms with Gasteiger partial charge in [-0.3, -0.25) is 4.90 Å². The number of nitrogens with zero attached hydrogens (tertiary/aromatic N) is 1. The summed E-state index contributed by atoms with van der Waals surface area (Å²) >= 11 is 0. The maximum atomic E-state index is 5.32. The van der Waals surface area contributed by atoms with Crippen LogP contribution in [0, 0.1) is 0 Å². The van der Waals surface area contributed by atoms with E-state index in [1.807, 2.05) is 6.07 Å². The quantitative estimate of drug-likeness (QED) is 0.853. The molecule has 1 N–H and O–H groups in total. The lowest BCUT2D eigenvalue weighted by Crippen LogP contribution is -2.38. The van der Waals surface area contributed by atoms with Gasteiger partial charge >= 0.3 is 0 Å². The normalized spacial score (nSPS) is 20.7. The lowest BCUT2D eigenvalue weighted by Gasteiger charge is -2.30. The van der Waals surface area contributed by atoms with Gasteiger partial charge < -0.3 is 10.1 Å². The molecule has 3 heteroatoms. The number of benzene rings is 1. The van der Waals surface area contributed by atoms with Gasteiger partial charge in [-0.2, -0.15) is 0 Å². The van der Waals surface area contributed by atoms with Gasteiger partial charge in [0.2, 0.25) is 0 Å². The Morgan fingerprint density at radius 2 is 2.32 bits per heavy atom. The third-order valence-corrected chi connectivity index (χ3v) is 4.15. The van der Waals surface area contributed by atoms with Crippen molar-refractivity contribution in [2.45, 2.75) is 38.8 Å². The molecule has 106 valence electrons. The minimum absolute atomic E-state index is 0.433. The van der Waals surface area contributed by atoms with E-state index in [-0.39, 0.29) is 0 Å². The van der Waals surface area contributed by atoms with Crippen LogP contribution in [0.5, 0.6) is 5.75 Å². The largest absolute Gasteiger partial charge is 0.497 e. The fraction of sp³-hybridized carbons (Fsp3) is 0.625. The zero-order valence-electron chi connectivity index (χ0n) is 12.4. The number of hydrogen-bond acceptors (Lipinski definition) is 3. The molecule has 2 rings (SSSR count). The van der Waals surface area contributed by atoms with E-state index < -0.39 is 0 Å². The Kier molecular flexibility index (Phi) is 5.23. The second-order valence-corrected chi connectivity index (χ2v) is 5.33. The van der Waals surface area contributed by atoms with Crippen molar-refractivity contribution in [3.05, 3.63) is 29.8 Å². The van der Waals surface area contributed by atoms with E-state index in [0.717, 1.165) is 18.8 Å². The molecule has 1 heterocycles. The van der Waals surface area contributed by atoms with Crippen LogP contribution < -0.4 is 10.1 Å². The summed E-state index contributed by atoms with van der Waals surface area (Å²) in [7, 11) is 1.73. The van der Waals surface area contributed by atoms with Crippen LogP contribution in [0.4, 0.5) is 0 Å². The highest BCUT2D eigenvalue weighted by molar-refractivity contribution is 5.30. The van der Waals surface area contributed by atoms with E-state index in [2.05, 4.69) is 42.3 Å². The number of nitrogens with one attached hydrogen (secondary N) is 1. The second-order valence-electron chi connectivity index (χ2n) is 5.33. The standard InChI is InChI=1S/C16H26N2O/c1-4-18(12-15-8-6-10-17-15)13(2)14-7-5-9-16(11-14)19-3/h5,7,9,11,13,15,17H,4,6,8,10,12H2,1-3H3. The molecular formula is C16H26N2O. The van der Waals surface area contributed by atoms with Crippen molar-refractivity contribution in [1.29, 1.82) is 0 Å². The van der Waals surface area contributed by atoms with Crippen LogP contribution in [0.25, 0.3) is 0 Å². The SMILES string of the molecule is CCN(CC1CCCN1)C(C)c1cccc(OC)c1. The minimum atomic E-state index is 0.433. The average Bonchev–Trinajstić information content (AvgIpc) is 2.97. The van der Waals surface area contributed by atoms with Crippen molar-refractivity contribution in [1.82, 2.24) is 10.2 Å². The van der Waals surface area contributed by atoms with E-state index in [1.54, 1.807) is 7.11 Å². The summed E-state index contributed by atoms with van der Waals surface area (Å²) in [6.45, 7) is 7.92. The fourth-order valence-electron chi connectivity index (χ4n) is 2.87. The molecule has 0 saturated carbocycles. The first-order valence-corrected chi connectivity index (χ1v) is 7.36. The van der Waals surface area contributed by atoms with Crippen molar-refractivity contribution in [2.75, 3.05) is 26.7 Å². The molecule has 1 aliphatic heterocycles. The lowest BCUT2D eigenvalue weighted by atomic mass is 10.1. The smallest absolute Gasteiger partial charge is 0.119 e. The van der Waals surface area contributed by atoms with Crippen molar-refractivity contribution in [2.24, 2.45) is 0 Å². The highest BCUT2D eigenvalue weighted by atomic mass is 16.5. The molecule has 0 amide bonds. The first-order valence-electron chi connectivity index (χ1n) is 7.36. The van der Waals surface area contributed by atoms with Gasteiger partial charge in [0.1, 0.15) is 5.75 Å². The Bertz CT molecular complexity index is 388. The molecule has 0 aliphatic carbocycles. The average molecular weight is 262 g/mol. The van der Waals surface area contributed by atoms with Gasteiger partial charge in [-0.25, -0.2) is 0 Å². The summed E-state index contributed by atoms with van der Waals surface area (Å²) in [5, 5.41) is 3.58. The molecule has 1 aromatic carbocycles. The zero-order valence-corrected chi connectivity index (χ0v) is 12.4. The van der Waals surface area contributed by atoms with Gasteiger partial charge in [0.15, 0.2) is 0 Å². The first kappa shape index (κ1) is 14.4. The Hall–Kier alpha value is -1.06. The highest BCUT2D eigenvalue weighted by Gasteiger charge is 2.21. The van der Waals surface area contributed by atoms with Gasteiger partial charge in [0.25, 0.3) is 0 Å². The summed E-state index contributed by atoms with van der Waals surface area (Å²) in [5.41, 5.74) is 1.33. The van der Waals surface area contributed by atoms with E-state index in [1.165, 1.54) is 24.9 Å². The molecule has 2 atom stereocenters. The van der Waals surface area contributed by atoms with Crippen LogP contribution in [0.15, 0.2) is 24.3 Å². The second kappa shape index (κ2) is 6.92. The van der Waals surface area contributed by atoms with Crippen LogP contribution >= 0.6 is 0 Å². The third kappa shape index (κ3) is 3.71. The molecule has 19 heavy (non-hydrogen) atoms. The predicted molar refractivity (Wildman–Crippen MR) is 79.7 cm³/mol. The summed E-state index contributed by atoms with van der Waals surface area (Å²) in [6.07, 6.45) is 2.62. The molecule has 0 bridgehead atoms. The first-order chi connectivity index (χ1) is 9.24. The van der Waals surface area contributed by atoms with Crippen molar-refractivity contribution >= 4 is 0 Å². The van der Waals surface area contributed by atoms with Crippen LogP contribution in [0.1, 0.15) is 38.3 Å². The van der Waals surface area contributed by atoms with Crippen molar-refractivity contribution < 1.29 is 4.74 Å². The van der Waals surface area contributed by atoms with Crippen LogP contribution in [-0.2, 0) is 0 Å². The molecule has 3 nitrogen and oxygen atoms in total. The summed E-state index contributed by atoms with van der Waals surface area (Å²) in [4.78, 5) is 2.54. The number of methoxy groups -OCH3 is 1. The van der Waals surface area contributed by atoms with Gasteiger partial charge in [-0.05, 0) is 50.6 Å². The van der Waals surface area contributed by atoms with Gasteiger partial charge in [-0.1, -0.05) is 19.1 Å². The Labute approximate surface area is 116 Å². The summed E-state index contributed by atoms with van der Waals surface area (Å²) in [5.74, 6) is 0.944. The topological polar surface area (TPSA) is 24.5 Å². The number of hydrogen-bond donors (Lipinski definition) is 1. The highest BCUT2D eigenvalue weighted by Crippen LogP contribution is 2.24. The van der Waals surface area contributed by atoms with E-state index >= 15 is 0 Å². The molecule has 1 saturated heterocycles. The van der Waals surface area contributed by atoms with Gasteiger partial charge in [0.05, 0.1) is 7.11 Å². The summed E-state index contributed by atoms with van der Waals surface area (Å²) in [6, 6.07) is 9.51. The molecule has 0 spiro atoms. The molecule has 0 aromatic heterocycles. The number of likely N-dealkylation sites (N-methyl/N-ethyl adjacent to an activating group) is 1. The minimum Gasteiger partial charge on any atom is -0.497 e. The number of rotatable bonds is 6. The third-order valence-electron chi connectivity index (χ3n) is 4.15. The van der Waals surface area contributed by atoms with Crippen molar-refractivity contribution in [3.8, 4) is 5.75 Å². The lowest BCUT2D eigenvalue weighted by molar-refractivity contribution is 0.202. The van der Waals surface area contributed by atoms with E-state index in [9.17, 15) is 0 Å². The van der Waals surface area contributed by atoms with Crippen LogP contribution in [0.3, 0.4) is 0 Å². The molecular weight excluding hydrogens is 236 g/mol. The summed E-state index contributed by atoms with van der Waals surface area (Å²) < 4.78 is 5.32. The zero-order chi connectivity index (χ0) is 13.7. The predicted octanol–water partition coefficient (Wildman–Crippen LogP) is 2.83.